The van der Waals surface area contributed by atoms with Crippen molar-refractivity contribution in [3.05, 3.63) is 88.0 Å². The summed E-state index contributed by atoms with van der Waals surface area (Å²) in [6.45, 7) is 4.03. The van der Waals surface area contributed by atoms with Crippen LogP contribution in [0.4, 0.5) is 10.1 Å². The summed E-state index contributed by atoms with van der Waals surface area (Å²) in [5.41, 5.74) is 2.26. The van der Waals surface area contributed by atoms with Crippen LogP contribution in [0, 0.1) is 5.82 Å². The summed E-state index contributed by atoms with van der Waals surface area (Å²) in [7, 11) is 1.91. The molecule has 0 unspecified atom stereocenters. The van der Waals surface area contributed by atoms with E-state index in [1.165, 1.54) is 17.0 Å². The fourth-order valence-corrected chi connectivity index (χ4v) is 4.16. The van der Waals surface area contributed by atoms with Crippen molar-refractivity contribution in [2.45, 2.75) is 32.4 Å². The molecule has 31 heavy (non-hydrogen) atoms. The largest absolute Gasteiger partial charge is 0.353 e. The molecule has 2 heterocycles. The molecule has 0 aliphatic carbocycles. The number of carbonyl (C=O) groups excluding carboxylic acids is 2. The zero-order valence-corrected chi connectivity index (χ0v) is 18.3. The highest BCUT2D eigenvalue weighted by Crippen LogP contribution is 2.43. The molecule has 3 aromatic rings. The molecule has 1 aromatic heterocycles. The highest BCUT2D eigenvalue weighted by molar-refractivity contribution is 6.31. The molecule has 160 valence electrons. The summed E-state index contributed by atoms with van der Waals surface area (Å²) in [5.74, 6) is -0.878. The van der Waals surface area contributed by atoms with E-state index in [9.17, 15) is 14.0 Å². The highest BCUT2D eigenvalue weighted by atomic mass is 35.5. The van der Waals surface area contributed by atoms with Crippen LogP contribution in [-0.2, 0) is 30.3 Å². The quantitative estimate of drug-likeness (QED) is 0.633. The van der Waals surface area contributed by atoms with E-state index in [1.54, 1.807) is 24.3 Å². The summed E-state index contributed by atoms with van der Waals surface area (Å²) in [6.07, 6.45) is 1.91. The second-order valence-electron chi connectivity index (χ2n) is 8.24. The van der Waals surface area contributed by atoms with Gasteiger partial charge in [-0.2, -0.15) is 0 Å². The van der Waals surface area contributed by atoms with Crippen molar-refractivity contribution in [3.63, 3.8) is 0 Å². The highest BCUT2D eigenvalue weighted by Gasteiger charge is 2.44. The van der Waals surface area contributed by atoms with Gasteiger partial charge in [-0.15, -0.1) is 0 Å². The predicted octanol–water partition coefficient (Wildman–Crippen LogP) is 4.57. The number of aryl methyl sites for hydroxylation is 1. The van der Waals surface area contributed by atoms with E-state index in [-0.39, 0.29) is 28.9 Å². The molecular formula is C24H23ClFN3O2. The monoisotopic (exact) mass is 439 g/mol. The first kappa shape index (κ1) is 21.1. The van der Waals surface area contributed by atoms with Crippen LogP contribution in [0.15, 0.2) is 54.7 Å². The number of rotatable bonds is 5. The number of halogens is 2. The van der Waals surface area contributed by atoms with Crippen molar-refractivity contribution < 1.29 is 14.0 Å². The van der Waals surface area contributed by atoms with E-state index in [2.05, 4.69) is 5.32 Å². The molecule has 0 bridgehead atoms. The van der Waals surface area contributed by atoms with Gasteiger partial charge in [0, 0.05) is 40.8 Å². The molecule has 1 N–H and O–H groups in total. The van der Waals surface area contributed by atoms with Crippen LogP contribution in [0.2, 0.25) is 5.02 Å². The predicted molar refractivity (Wildman–Crippen MR) is 119 cm³/mol. The molecule has 5 nitrogen and oxygen atoms in total. The average Bonchev–Trinajstić information content (AvgIpc) is 3.22. The van der Waals surface area contributed by atoms with Crippen LogP contribution in [0.5, 0.6) is 0 Å². The minimum Gasteiger partial charge on any atom is -0.353 e. The lowest BCUT2D eigenvalue weighted by Gasteiger charge is -2.21. The van der Waals surface area contributed by atoms with Crippen LogP contribution >= 0.6 is 11.6 Å². The standard InChI is InChI=1S/C24H23ClFN3O2/c1-24(2)18-10-9-15(22(30)27-13-16-6-5-11-28(16)3)12-21(18)29(23(24)31)14-17-19(25)7-4-8-20(17)26/h4-12H,13-14H2,1-3H3,(H,27,30). The van der Waals surface area contributed by atoms with Crippen LogP contribution in [-0.4, -0.2) is 16.4 Å². The fraction of sp³-hybridized carbons (Fsp3) is 0.250. The number of anilines is 1. The number of carbonyl (C=O) groups is 2. The zero-order valence-electron chi connectivity index (χ0n) is 17.6. The van der Waals surface area contributed by atoms with E-state index in [4.69, 9.17) is 11.6 Å². The second kappa shape index (κ2) is 7.85. The van der Waals surface area contributed by atoms with Crippen LogP contribution in [0.3, 0.4) is 0 Å². The Morgan fingerprint density at radius 2 is 1.94 bits per heavy atom. The first-order chi connectivity index (χ1) is 14.7. The van der Waals surface area contributed by atoms with Gasteiger partial charge < -0.3 is 14.8 Å². The van der Waals surface area contributed by atoms with Crippen molar-refractivity contribution in [1.29, 1.82) is 0 Å². The van der Waals surface area contributed by atoms with Crippen molar-refractivity contribution in [2.24, 2.45) is 7.05 Å². The van der Waals surface area contributed by atoms with Gasteiger partial charge >= 0.3 is 0 Å². The van der Waals surface area contributed by atoms with Gasteiger partial charge in [0.25, 0.3) is 5.91 Å². The first-order valence-corrected chi connectivity index (χ1v) is 10.4. The average molecular weight is 440 g/mol. The van der Waals surface area contributed by atoms with Crippen molar-refractivity contribution >= 4 is 29.1 Å². The molecule has 0 atom stereocenters. The molecule has 1 aliphatic rings. The minimum atomic E-state index is -0.787. The number of nitrogens with zero attached hydrogens (tertiary/aromatic N) is 2. The van der Waals surface area contributed by atoms with Gasteiger partial charge in [0.15, 0.2) is 0 Å². The summed E-state index contributed by atoms with van der Waals surface area (Å²) in [5, 5.41) is 3.16. The molecule has 0 radical (unpaired) electrons. The van der Waals surface area contributed by atoms with Gasteiger partial charge in [0.05, 0.1) is 18.5 Å². The van der Waals surface area contributed by atoms with Crippen molar-refractivity contribution in [2.75, 3.05) is 4.90 Å². The summed E-state index contributed by atoms with van der Waals surface area (Å²) in [4.78, 5) is 27.4. The third kappa shape index (κ3) is 3.72. The molecule has 0 fully saturated rings. The smallest absolute Gasteiger partial charge is 0.251 e. The normalized spacial score (nSPS) is 14.6. The lowest BCUT2D eigenvalue weighted by atomic mass is 9.86. The van der Waals surface area contributed by atoms with Crippen LogP contribution < -0.4 is 10.2 Å². The minimum absolute atomic E-state index is 0.00477. The maximum absolute atomic E-state index is 14.4. The number of aromatic nitrogens is 1. The first-order valence-electron chi connectivity index (χ1n) is 9.98. The van der Waals surface area contributed by atoms with E-state index in [0.717, 1.165) is 11.3 Å². The maximum atomic E-state index is 14.4. The van der Waals surface area contributed by atoms with Crippen LogP contribution in [0.25, 0.3) is 0 Å². The Morgan fingerprint density at radius 3 is 2.61 bits per heavy atom. The molecule has 1 aliphatic heterocycles. The third-order valence-corrected chi connectivity index (χ3v) is 6.22. The molecule has 2 aromatic carbocycles. The van der Waals surface area contributed by atoms with Gasteiger partial charge in [0.1, 0.15) is 5.82 Å². The van der Waals surface area contributed by atoms with E-state index >= 15 is 0 Å². The Labute approximate surface area is 185 Å². The van der Waals surface area contributed by atoms with E-state index in [1.807, 2.05) is 43.8 Å². The molecule has 2 amide bonds. The van der Waals surface area contributed by atoms with E-state index < -0.39 is 11.2 Å². The number of amides is 2. The lowest BCUT2D eigenvalue weighted by Crippen LogP contribution is -2.36. The van der Waals surface area contributed by atoms with Gasteiger partial charge in [-0.25, -0.2) is 4.39 Å². The van der Waals surface area contributed by atoms with Gasteiger partial charge in [0.2, 0.25) is 5.91 Å². The second-order valence-corrected chi connectivity index (χ2v) is 8.65. The van der Waals surface area contributed by atoms with Crippen LogP contribution in [0.1, 0.15) is 41.0 Å². The molecule has 7 heteroatoms. The van der Waals surface area contributed by atoms with Crippen molar-refractivity contribution in [3.8, 4) is 0 Å². The summed E-state index contributed by atoms with van der Waals surface area (Å²) < 4.78 is 16.3. The molecule has 4 rings (SSSR count). The number of fused-ring (bicyclic) bond motifs is 1. The summed E-state index contributed by atoms with van der Waals surface area (Å²) in [6, 6.07) is 13.5. The maximum Gasteiger partial charge on any atom is 0.251 e. The number of nitrogens with one attached hydrogen (secondary N) is 1. The van der Waals surface area contributed by atoms with Gasteiger partial charge in [-0.05, 0) is 55.8 Å². The molecular weight excluding hydrogens is 417 g/mol. The number of benzene rings is 2. The molecule has 0 spiro atoms. The Hall–Kier alpha value is -3.12. The topological polar surface area (TPSA) is 54.3 Å². The number of hydrogen-bond donors (Lipinski definition) is 1. The Kier molecular flexibility index (Phi) is 5.35. The Bertz CT molecular complexity index is 1170. The fourth-order valence-electron chi connectivity index (χ4n) is 3.94. The molecule has 0 saturated heterocycles. The number of hydrogen-bond acceptors (Lipinski definition) is 2. The summed E-state index contributed by atoms with van der Waals surface area (Å²) >= 11 is 6.19. The Balaban J connectivity index is 1.65. The van der Waals surface area contributed by atoms with E-state index in [0.29, 0.717) is 17.8 Å². The van der Waals surface area contributed by atoms with Crippen molar-refractivity contribution in [1.82, 2.24) is 9.88 Å². The third-order valence-electron chi connectivity index (χ3n) is 5.86. The zero-order chi connectivity index (χ0) is 22.3. The van der Waals surface area contributed by atoms with Gasteiger partial charge in [-0.3, -0.25) is 9.59 Å². The lowest BCUT2D eigenvalue weighted by molar-refractivity contribution is -0.122. The van der Waals surface area contributed by atoms with Gasteiger partial charge in [-0.1, -0.05) is 23.7 Å². The SMILES string of the molecule is Cn1cccc1CNC(=O)c1ccc2c(c1)N(Cc1c(F)cccc1Cl)C(=O)C2(C)C. The Morgan fingerprint density at radius 1 is 1.16 bits per heavy atom. The molecule has 0 saturated carbocycles.